The first-order valence-corrected chi connectivity index (χ1v) is 8.90. The summed E-state index contributed by atoms with van der Waals surface area (Å²) in [6, 6.07) is 9.08. The Kier molecular flexibility index (Phi) is 4.65. The molecule has 28 heavy (non-hydrogen) atoms. The number of nitrogens with zero attached hydrogens (tertiary/aromatic N) is 3. The predicted octanol–water partition coefficient (Wildman–Crippen LogP) is 4.37. The summed E-state index contributed by atoms with van der Waals surface area (Å²) in [6.45, 7) is 1.90. The second-order valence-corrected chi connectivity index (χ2v) is 6.51. The second-order valence-electron chi connectivity index (χ2n) is 6.51. The molecule has 1 aliphatic carbocycles. The quantitative estimate of drug-likeness (QED) is 0.688. The zero-order valence-electron chi connectivity index (χ0n) is 15.9. The van der Waals surface area contributed by atoms with E-state index >= 15 is 4.39 Å². The van der Waals surface area contributed by atoms with E-state index in [9.17, 15) is 0 Å². The van der Waals surface area contributed by atoms with Crippen molar-refractivity contribution in [2.24, 2.45) is 0 Å². The fourth-order valence-corrected chi connectivity index (χ4v) is 3.33. The highest BCUT2D eigenvalue weighted by molar-refractivity contribution is 5.95. The van der Waals surface area contributed by atoms with Crippen LogP contribution in [0.4, 0.5) is 21.8 Å². The number of pyridine rings is 1. The number of allylic oxidation sites excluding steroid dienone is 1. The normalized spacial score (nSPS) is 12.7. The number of aryl methyl sites for hydroxylation is 1. The van der Waals surface area contributed by atoms with Gasteiger partial charge in [-0.25, -0.2) is 9.37 Å². The molecule has 1 aliphatic rings. The number of aromatic nitrogens is 3. The molecule has 0 atom stereocenters. The smallest absolute Gasteiger partial charge is 0.229 e. The van der Waals surface area contributed by atoms with E-state index in [1.165, 1.54) is 0 Å². The first-order chi connectivity index (χ1) is 13.6. The van der Waals surface area contributed by atoms with Crippen LogP contribution in [0.25, 0.3) is 11.4 Å². The Morgan fingerprint density at radius 1 is 1.11 bits per heavy atom. The van der Waals surface area contributed by atoms with Crippen LogP contribution >= 0.6 is 0 Å². The Bertz CT molecular complexity index is 1080. The van der Waals surface area contributed by atoms with Gasteiger partial charge in [0.1, 0.15) is 17.4 Å². The van der Waals surface area contributed by atoms with E-state index in [0.29, 0.717) is 34.8 Å². The van der Waals surface area contributed by atoms with Crippen molar-refractivity contribution >= 4 is 28.9 Å². The minimum absolute atomic E-state index is 0.239. The topological polar surface area (TPSA) is 72.0 Å². The summed E-state index contributed by atoms with van der Waals surface area (Å²) in [5.41, 5.74) is 4.33. The fraction of sp³-hybridized carbons (Fsp3) is 0.190. The number of rotatable bonds is 5. The van der Waals surface area contributed by atoms with E-state index < -0.39 is 0 Å². The summed E-state index contributed by atoms with van der Waals surface area (Å²) < 4.78 is 20.5. The number of nitrogens with one attached hydrogen (secondary N) is 2. The zero-order chi connectivity index (χ0) is 19.7. The van der Waals surface area contributed by atoms with Crippen molar-refractivity contribution < 1.29 is 9.13 Å². The molecule has 7 heteroatoms. The van der Waals surface area contributed by atoms with Crippen LogP contribution in [0.1, 0.15) is 22.4 Å². The molecule has 0 radical (unpaired) electrons. The molecule has 2 aromatic heterocycles. The Labute approximate surface area is 162 Å². The summed E-state index contributed by atoms with van der Waals surface area (Å²) in [5.74, 6) is 1.56. The SMILES string of the molecule is CNc1cc(C)nc(Nc2ccc(OC)c(C3=C(F)c4ccncc4C3)c2)n1. The van der Waals surface area contributed by atoms with E-state index in [2.05, 4.69) is 25.6 Å². The van der Waals surface area contributed by atoms with Crippen LogP contribution < -0.4 is 15.4 Å². The molecule has 142 valence electrons. The van der Waals surface area contributed by atoms with Crippen molar-refractivity contribution in [2.75, 3.05) is 24.8 Å². The van der Waals surface area contributed by atoms with Gasteiger partial charge in [0.25, 0.3) is 0 Å². The average Bonchev–Trinajstić information content (AvgIpc) is 3.04. The summed E-state index contributed by atoms with van der Waals surface area (Å²) in [7, 11) is 3.38. The molecule has 2 N–H and O–H groups in total. The van der Waals surface area contributed by atoms with Crippen molar-refractivity contribution in [1.29, 1.82) is 0 Å². The first kappa shape index (κ1) is 17.9. The van der Waals surface area contributed by atoms with Crippen LogP contribution in [-0.2, 0) is 6.42 Å². The molecular formula is C21H20FN5O. The highest BCUT2D eigenvalue weighted by Gasteiger charge is 2.25. The molecule has 2 heterocycles. The van der Waals surface area contributed by atoms with Gasteiger partial charge >= 0.3 is 0 Å². The van der Waals surface area contributed by atoms with Gasteiger partial charge in [0.2, 0.25) is 5.95 Å². The lowest BCUT2D eigenvalue weighted by molar-refractivity contribution is 0.413. The molecule has 0 saturated carbocycles. The standard InChI is InChI=1S/C21H20FN5O/c1-12-8-19(23-2)27-21(25-12)26-14-4-5-18(28-3)16(10-14)17-9-13-11-24-7-6-15(13)20(17)22/h4-8,10-11H,9H2,1-3H3,(H2,23,25,26,27). The molecule has 0 fully saturated rings. The highest BCUT2D eigenvalue weighted by atomic mass is 19.1. The zero-order valence-corrected chi connectivity index (χ0v) is 15.9. The molecular weight excluding hydrogens is 357 g/mol. The number of anilines is 3. The monoisotopic (exact) mass is 377 g/mol. The van der Waals surface area contributed by atoms with Crippen molar-refractivity contribution in [3.63, 3.8) is 0 Å². The minimum Gasteiger partial charge on any atom is -0.496 e. The number of hydrogen-bond donors (Lipinski definition) is 2. The van der Waals surface area contributed by atoms with E-state index in [4.69, 9.17) is 4.74 Å². The van der Waals surface area contributed by atoms with Gasteiger partial charge in [-0.3, -0.25) is 4.98 Å². The Balaban J connectivity index is 1.72. The van der Waals surface area contributed by atoms with Crippen LogP contribution in [0.15, 0.2) is 42.7 Å². The molecule has 0 aliphatic heterocycles. The number of fused-ring (bicyclic) bond motifs is 1. The van der Waals surface area contributed by atoms with Crippen molar-refractivity contribution in [3.05, 3.63) is 65.1 Å². The maximum Gasteiger partial charge on any atom is 0.229 e. The van der Waals surface area contributed by atoms with E-state index in [1.54, 1.807) is 32.6 Å². The maximum atomic E-state index is 15.0. The first-order valence-electron chi connectivity index (χ1n) is 8.90. The van der Waals surface area contributed by atoms with E-state index in [-0.39, 0.29) is 5.83 Å². The molecule has 0 spiro atoms. The lowest BCUT2D eigenvalue weighted by Crippen LogP contribution is -2.03. The molecule has 1 aromatic carbocycles. The number of benzene rings is 1. The summed E-state index contributed by atoms with van der Waals surface area (Å²) >= 11 is 0. The minimum atomic E-state index is -0.239. The fourth-order valence-electron chi connectivity index (χ4n) is 3.33. The third kappa shape index (κ3) is 3.26. The molecule has 0 saturated heterocycles. The largest absolute Gasteiger partial charge is 0.496 e. The molecule has 6 nitrogen and oxygen atoms in total. The van der Waals surface area contributed by atoms with Crippen molar-refractivity contribution in [2.45, 2.75) is 13.3 Å². The summed E-state index contributed by atoms with van der Waals surface area (Å²) in [4.78, 5) is 12.9. The van der Waals surface area contributed by atoms with Gasteiger partial charge in [-0.05, 0) is 36.8 Å². The Morgan fingerprint density at radius 3 is 2.71 bits per heavy atom. The van der Waals surface area contributed by atoms with Crippen LogP contribution in [0, 0.1) is 6.92 Å². The van der Waals surface area contributed by atoms with Gasteiger partial charge in [0.15, 0.2) is 0 Å². The molecule has 0 amide bonds. The van der Waals surface area contributed by atoms with Crippen LogP contribution in [0.2, 0.25) is 0 Å². The van der Waals surface area contributed by atoms with Gasteiger partial charge in [0.05, 0.1) is 7.11 Å². The number of methoxy groups -OCH3 is 1. The molecule has 0 unspecified atom stereocenters. The summed E-state index contributed by atoms with van der Waals surface area (Å²) in [5, 5.41) is 6.21. The number of halogens is 1. The average molecular weight is 377 g/mol. The van der Waals surface area contributed by atoms with Gasteiger partial charge in [0, 0.05) is 60.0 Å². The predicted molar refractivity (Wildman–Crippen MR) is 108 cm³/mol. The number of ether oxygens (including phenoxy) is 1. The lowest BCUT2D eigenvalue weighted by Gasteiger charge is -2.13. The second kappa shape index (κ2) is 7.26. The maximum absolute atomic E-state index is 15.0. The van der Waals surface area contributed by atoms with E-state index in [1.807, 2.05) is 31.2 Å². The summed E-state index contributed by atoms with van der Waals surface area (Å²) in [6.07, 6.45) is 3.78. The van der Waals surface area contributed by atoms with Crippen LogP contribution in [0.5, 0.6) is 5.75 Å². The van der Waals surface area contributed by atoms with Crippen LogP contribution in [0.3, 0.4) is 0 Å². The van der Waals surface area contributed by atoms with Gasteiger partial charge in [-0.1, -0.05) is 0 Å². The lowest BCUT2D eigenvalue weighted by atomic mass is 10.0. The molecule has 0 bridgehead atoms. The van der Waals surface area contributed by atoms with Crippen molar-refractivity contribution in [3.8, 4) is 5.75 Å². The van der Waals surface area contributed by atoms with Crippen LogP contribution in [-0.4, -0.2) is 29.1 Å². The van der Waals surface area contributed by atoms with Gasteiger partial charge in [-0.15, -0.1) is 0 Å². The third-order valence-electron chi connectivity index (χ3n) is 4.66. The number of hydrogen-bond acceptors (Lipinski definition) is 6. The van der Waals surface area contributed by atoms with Gasteiger partial charge < -0.3 is 15.4 Å². The molecule has 4 rings (SSSR count). The van der Waals surface area contributed by atoms with E-state index in [0.717, 1.165) is 22.8 Å². The highest BCUT2D eigenvalue weighted by Crippen LogP contribution is 2.42. The van der Waals surface area contributed by atoms with Crippen molar-refractivity contribution in [1.82, 2.24) is 15.0 Å². The third-order valence-corrected chi connectivity index (χ3v) is 4.66. The Morgan fingerprint density at radius 2 is 1.96 bits per heavy atom. The Hall–Kier alpha value is -3.48. The molecule has 3 aromatic rings. The van der Waals surface area contributed by atoms with Gasteiger partial charge in [-0.2, -0.15) is 4.98 Å².